The maximum atomic E-state index is 12.2. The second-order valence-corrected chi connectivity index (χ2v) is 9.30. The zero-order valence-corrected chi connectivity index (χ0v) is 22.0. The topological polar surface area (TPSA) is 80.6 Å². The number of rotatable bonds is 3. The Balaban J connectivity index is 0.00000363. The largest absolute Gasteiger partial charge is 0.506 e. The number of piperazine rings is 1. The molecular weight excluding hydrogens is 521 g/mol. The Labute approximate surface area is 209 Å². The van der Waals surface area contributed by atoms with Gasteiger partial charge in [0.15, 0.2) is 5.96 Å². The van der Waals surface area contributed by atoms with Crippen LogP contribution in [0.3, 0.4) is 0 Å². The first-order valence-corrected chi connectivity index (χ1v) is 11.2. The van der Waals surface area contributed by atoms with Crippen molar-refractivity contribution in [2.24, 2.45) is 10.9 Å². The average molecular weight is 559 g/mol. The van der Waals surface area contributed by atoms with Gasteiger partial charge in [-0.3, -0.25) is 4.99 Å². The molecule has 1 aromatic rings. The maximum Gasteiger partial charge on any atom is 0.410 e. The summed E-state index contributed by atoms with van der Waals surface area (Å²) < 4.78 is 5.48. The summed E-state index contributed by atoms with van der Waals surface area (Å²) in [6, 6.07) is 7.49. The highest BCUT2D eigenvalue weighted by Gasteiger charge is 2.27. The second kappa shape index (κ2) is 11.8. The SMILES string of the molecule is CN=C(NCC1CCN(C(=O)OC(C)(C)C)CC1)N1CCN(c2ccccc2O)CC1.I. The monoisotopic (exact) mass is 559 g/mol. The molecule has 3 rings (SSSR count). The lowest BCUT2D eigenvalue weighted by Crippen LogP contribution is -2.53. The van der Waals surface area contributed by atoms with Gasteiger partial charge in [0.2, 0.25) is 0 Å². The minimum absolute atomic E-state index is 0. The number of carbonyl (C=O) groups is 1. The number of anilines is 1. The van der Waals surface area contributed by atoms with Crippen molar-refractivity contribution < 1.29 is 14.6 Å². The minimum Gasteiger partial charge on any atom is -0.506 e. The maximum absolute atomic E-state index is 12.2. The zero-order chi connectivity index (χ0) is 22.4. The second-order valence-electron chi connectivity index (χ2n) is 9.30. The summed E-state index contributed by atoms with van der Waals surface area (Å²) in [6.07, 6.45) is 1.71. The van der Waals surface area contributed by atoms with Crippen LogP contribution in [0.2, 0.25) is 0 Å². The normalized spacial score (nSPS) is 18.2. The van der Waals surface area contributed by atoms with E-state index in [2.05, 4.69) is 20.1 Å². The van der Waals surface area contributed by atoms with E-state index in [1.807, 2.05) is 50.9 Å². The molecule has 1 amide bonds. The van der Waals surface area contributed by atoms with Crippen LogP contribution in [0, 0.1) is 5.92 Å². The predicted molar refractivity (Wildman–Crippen MR) is 139 cm³/mol. The molecule has 0 spiro atoms. The molecule has 2 aliphatic heterocycles. The molecular formula is C23H38IN5O3. The van der Waals surface area contributed by atoms with Gasteiger partial charge in [-0.05, 0) is 51.7 Å². The number of hydrogen-bond acceptors (Lipinski definition) is 5. The van der Waals surface area contributed by atoms with Crippen molar-refractivity contribution in [3.8, 4) is 5.75 Å². The zero-order valence-electron chi connectivity index (χ0n) is 19.7. The average Bonchev–Trinajstić information content (AvgIpc) is 2.74. The molecule has 0 atom stereocenters. The predicted octanol–water partition coefficient (Wildman–Crippen LogP) is 3.35. The molecule has 0 aliphatic carbocycles. The van der Waals surface area contributed by atoms with Crippen LogP contribution in [-0.2, 0) is 4.74 Å². The number of benzene rings is 1. The Morgan fingerprint density at radius 2 is 1.72 bits per heavy atom. The summed E-state index contributed by atoms with van der Waals surface area (Å²) in [4.78, 5) is 23.0. The lowest BCUT2D eigenvalue weighted by atomic mass is 9.97. The summed E-state index contributed by atoms with van der Waals surface area (Å²) in [5, 5.41) is 13.6. The molecule has 0 aromatic heterocycles. The molecule has 180 valence electrons. The number of guanidine groups is 1. The van der Waals surface area contributed by atoms with Crippen molar-refractivity contribution >= 4 is 41.7 Å². The van der Waals surface area contributed by atoms with Crippen molar-refractivity contribution in [1.82, 2.24) is 15.1 Å². The van der Waals surface area contributed by atoms with Crippen molar-refractivity contribution in [3.63, 3.8) is 0 Å². The molecule has 2 saturated heterocycles. The van der Waals surface area contributed by atoms with E-state index in [1.54, 1.807) is 6.07 Å². The van der Waals surface area contributed by atoms with Gasteiger partial charge in [-0.25, -0.2) is 4.79 Å². The van der Waals surface area contributed by atoms with Crippen LogP contribution < -0.4 is 10.2 Å². The molecule has 8 nitrogen and oxygen atoms in total. The van der Waals surface area contributed by atoms with Crippen LogP contribution >= 0.6 is 24.0 Å². The fourth-order valence-corrected chi connectivity index (χ4v) is 4.10. The number of nitrogens with one attached hydrogen (secondary N) is 1. The Kier molecular flexibility index (Phi) is 9.72. The van der Waals surface area contributed by atoms with Gasteiger partial charge in [-0.2, -0.15) is 0 Å². The van der Waals surface area contributed by atoms with Crippen LogP contribution in [0.25, 0.3) is 0 Å². The molecule has 2 heterocycles. The molecule has 9 heteroatoms. The Hall–Kier alpha value is -1.91. The molecule has 32 heavy (non-hydrogen) atoms. The van der Waals surface area contributed by atoms with E-state index in [1.165, 1.54) is 0 Å². The molecule has 0 unspecified atom stereocenters. The van der Waals surface area contributed by atoms with Crippen LogP contribution in [0.4, 0.5) is 10.5 Å². The number of halogens is 1. The third-order valence-corrected chi connectivity index (χ3v) is 5.83. The highest BCUT2D eigenvalue weighted by Crippen LogP contribution is 2.27. The first kappa shape index (κ1) is 26.3. The summed E-state index contributed by atoms with van der Waals surface area (Å²) in [5.74, 6) is 1.76. The van der Waals surface area contributed by atoms with Crippen LogP contribution in [0.5, 0.6) is 5.75 Å². The number of carbonyl (C=O) groups excluding carboxylic acids is 1. The molecule has 2 N–H and O–H groups in total. The van der Waals surface area contributed by atoms with E-state index in [-0.39, 0.29) is 30.1 Å². The molecule has 0 radical (unpaired) electrons. The Bertz CT molecular complexity index is 767. The van der Waals surface area contributed by atoms with E-state index < -0.39 is 5.60 Å². The number of hydrogen-bond donors (Lipinski definition) is 2. The van der Waals surface area contributed by atoms with Gasteiger partial charge in [0.05, 0.1) is 5.69 Å². The third-order valence-electron chi connectivity index (χ3n) is 5.83. The van der Waals surface area contributed by atoms with Gasteiger partial charge in [0, 0.05) is 52.9 Å². The van der Waals surface area contributed by atoms with Gasteiger partial charge in [-0.15, -0.1) is 24.0 Å². The van der Waals surface area contributed by atoms with Gasteiger partial charge < -0.3 is 29.9 Å². The van der Waals surface area contributed by atoms with Crippen LogP contribution in [0.15, 0.2) is 29.3 Å². The fourth-order valence-electron chi connectivity index (χ4n) is 4.10. The van der Waals surface area contributed by atoms with Crippen LogP contribution in [-0.4, -0.2) is 85.4 Å². The number of nitrogens with zero attached hydrogens (tertiary/aromatic N) is 4. The fraction of sp³-hybridized carbons (Fsp3) is 0.652. The Morgan fingerprint density at radius 3 is 2.28 bits per heavy atom. The van der Waals surface area contributed by atoms with E-state index in [4.69, 9.17) is 4.74 Å². The minimum atomic E-state index is -0.453. The molecule has 2 aliphatic rings. The van der Waals surface area contributed by atoms with E-state index >= 15 is 0 Å². The Morgan fingerprint density at radius 1 is 1.09 bits per heavy atom. The number of aromatic hydroxyl groups is 1. The number of likely N-dealkylation sites (tertiary alicyclic amines) is 1. The number of phenolic OH excluding ortho intramolecular Hbond substituents is 1. The van der Waals surface area contributed by atoms with E-state index in [0.29, 0.717) is 11.7 Å². The third kappa shape index (κ3) is 7.31. The first-order chi connectivity index (χ1) is 14.8. The van der Waals surface area contributed by atoms with E-state index in [9.17, 15) is 9.90 Å². The number of ether oxygens (including phenoxy) is 1. The van der Waals surface area contributed by atoms with Crippen molar-refractivity contribution in [1.29, 1.82) is 0 Å². The lowest BCUT2D eigenvalue weighted by Gasteiger charge is -2.38. The smallest absolute Gasteiger partial charge is 0.410 e. The van der Waals surface area contributed by atoms with Gasteiger partial charge in [0.1, 0.15) is 11.4 Å². The number of para-hydroxylation sites is 2. The first-order valence-electron chi connectivity index (χ1n) is 11.2. The lowest BCUT2D eigenvalue weighted by molar-refractivity contribution is 0.0185. The number of amides is 1. The summed E-state index contributed by atoms with van der Waals surface area (Å²) in [6.45, 7) is 11.4. The summed E-state index contributed by atoms with van der Waals surface area (Å²) in [5.41, 5.74) is 0.437. The van der Waals surface area contributed by atoms with Crippen molar-refractivity contribution in [3.05, 3.63) is 24.3 Å². The van der Waals surface area contributed by atoms with Gasteiger partial charge >= 0.3 is 6.09 Å². The summed E-state index contributed by atoms with van der Waals surface area (Å²) in [7, 11) is 1.82. The van der Waals surface area contributed by atoms with Gasteiger partial charge in [-0.1, -0.05) is 12.1 Å². The van der Waals surface area contributed by atoms with Crippen molar-refractivity contribution in [2.75, 3.05) is 57.8 Å². The molecule has 0 saturated carbocycles. The van der Waals surface area contributed by atoms with Crippen LogP contribution in [0.1, 0.15) is 33.6 Å². The number of piperidine rings is 1. The highest BCUT2D eigenvalue weighted by atomic mass is 127. The highest BCUT2D eigenvalue weighted by molar-refractivity contribution is 14.0. The summed E-state index contributed by atoms with van der Waals surface area (Å²) >= 11 is 0. The van der Waals surface area contributed by atoms with Gasteiger partial charge in [0.25, 0.3) is 0 Å². The quantitative estimate of drug-likeness (QED) is 0.336. The van der Waals surface area contributed by atoms with E-state index in [0.717, 1.165) is 70.3 Å². The molecule has 0 bridgehead atoms. The molecule has 2 fully saturated rings. The standard InChI is InChI=1S/C23H37N5O3.HI/c1-23(2,3)31-22(30)28-11-9-18(10-12-28)17-25-21(24-4)27-15-13-26(14-16-27)19-7-5-6-8-20(19)29;/h5-8,18,29H,9-17H2,1-4H3,(H,24,25);1H. The number of aliphatic imine (C=N–C) groups is 1. The number of phenols is 1. The molecule has 1 aromatic carbocycles. The van der Waals surface area contributed by atoms with Crippen molar-refractivity contribution in [2.45, 2.75) is 39.2 Å².